The van der Waals surface area contributed by atoms with Crippen LogP contribution in [0.4, 0.5) is 25.0 Å². The first-order valence-electron chi connectivity index (χ1n) is 13.7. The number of hydrogen-bond acceptors (Lipinski definition) is 9. The van der Waals surface area contributed by atoms with Crippen molar-refractivity contribution >= 4 is 34.3 Å². The number of carboxylic acids is 1. The Kier molecular flexibility index (Phi) is 7.13. The quantitative estimate of drug-likeness (QED) is 0.334. The molecule has 2 aliphatic heterocycles. The number of β-amino-alcohol motifs (C(OH)–C–C–N with tert-alkyl or cyclic N) is 1. The number of aromatic nitrogens is 1. The van der Waals surface area contributed by atoms with Gasteiger partial charge in [-0.25, -0.2) is 18.4 Å². The van der Waals surface area contributed by atoms with Crippen molar-refractivity contribution in [3.63, 3.8) is 0 Å². The molecule has 43 heavy (non-hydrogen) atoms. The van der Waals surface area contributed by atoms with E-state index in [0.29, 0.717) is 0 Å². The van der Waals surface area contributed by atoms with Crippen LogP contribution in [0.15, 0.2) is 35.3 Å². The maximum Gasteiger partial charge on any atom is 0.414 e. The van der Waals surface area contributed by atoms with Crippen LogP contribution in [0.2, 0.25) is 0 Å². The van der Waals surface area contributed by atoms with Crippen LogP contribution < -0.4 is 24.7 Å². The molecule has 3 aliphatic rings. The first-order chi connectivity index (χ1) is 20.5. The second kappa shape index (κ2) is 10.7. The van der Waals surface area contributed by atoms with Gasteiger partial charge < -0.3 is 39.0 Å². The van der Waals surface area contributed by atoms with Gasteiger partial charge in [-0.3, -0.25) is 9.69 Å². The van der Waals surface area contributed by atoms with Gasteiger partial charge in [0.1, 0.15) is 29.6 Å². The van der Waals surface area contributed by atoms with E-state index in [9.17, 15) is 34.1 Å². The summed E-state index contributed by atoms with van der Waals surface area (Å²) in [5, 5.41) is 29.9. The van der Waals surface area contributed by atoms with Crippen molar-refractivity contribution < 1.29 is 47.9 Å². The van der Waals surface area contributed by atoms with Crippen LogP contribution in [0.5, 0.6) is 11.5 Å². The van der Waals surface area contributed by atoms with Gasteiger partial charge >= 0.3 is 12.1 Å². The number of nitrogens with zero attached hydrogens (tertiary/aromatic N) is 3. The van der Waals surface area contributed by atoms with Gasteiger partial charge in [-0.15, -0.1) is 0 Å². The number of pyridine rings is 1. The number of halogens is 2. The van der Waals surface area contributed by atoms with Gasteiger partial charge in [-0.1, -0.05) is 0 Å². The Morgan fingerprint density at radius 2 is 1.95 bits per heavy atom. The molecule has 1 saturated carbocycles. The molecule has 1 amide bonds. The minimum atomic E-state index is -1.51. The first kappa shape index (κ1) is 28.7. The highest BCUT2D eigenvalue weighted by molar-refractivity contribution is 5.97. The molecule has 1 aliphatic carbocycles. The van der Waals surface area contributed by atoms with Crippen molar-refractivity contribution in [3.05, 3.63) is 57.9 Å². The Morgan fingerprint density at radius 1 is 1.19 bits per heavy atom. The van der Waals surface area contributed by atoms with Gasteiger partial charge in [-0.2, -0.15) is 0 Å². The molecule has 2 atom stereocenters. The van der Waals surface area contributed by atoms with Gasteiger partial charge in [0, 0.05) is 24.8 Å². The fourth-order valence-corrected chi connectivity index (χ4v) is 5.70. The van der Waals surface area contributed by atoms with Crippen molar-refractivity contribution in [2.45, 2.75) is 37.0 Å². The number of methoxy groups -OCH3 is 1. The summed E-state index contributed by atoms with van der Waals surface area (Å²) < 4.78 is 48.4. The molecule has 2 saturated heterocycles. The maximum atomic E-state index is 15.6. The predicted molar refractivity (Wildman–Crippen MR) is 148 cm³/mol. The second-order valence-corrected chi connectivity index (χ2v) is 11.1. The van der Waals surface area contributed by atoms with Crippen LogP contribution in [-0.4, -0.2) is 83.6 Å². The van der Waals surface area contributed by atoms with Crippen molar-refractivity contribution in [2.24, 2.45) is 0 Å². The Balaban J connectivity index is 1.24. The van der Waals surface area contributed by atoms with Gasteiger partial charge in [0.15, 0.2) is 23.1 Å². The summed E-state index contributed by atoms with van der Waals surface area (Å²) >= 11 is 0. The van der Waals surface area contributed by atoms with Gasteiger partial charge in [0.25, 0.3) is 0 Å². The predicted octanol–water partition coefficient (Wildman–Crippen LogP) is 2.66. The van der Waals surface area contributed by atoms with E-state index in [1.165, 1.54) is 30.3 Å². The Morgan fingerprint density at radius 3 is 2.58 bits per heavy atom. The van der Waals surface area contributed by atoms with Crippen LogP contribution in [0.25, 0.3) is 10.9 Å². The normalized spacial score (nSPS) is 21.9. The molecule has 0 unspecified atom stereocenters. The molecule has 0 radical (unpaired) electrons. The van der Waals surface area contributed by atoms with Crippen molar-refractivity contribution in [1.29, 1.82) is 0 Å². The summed E-state index contributed by atoms with van der Waals surface area (Å²) in [4.78, 5) is 39.4. The number of aliphatic hydroxyl groups excluding tert-OH is 1. The van der Waals surface area contributed by atoms with E-state index in [4.69, 9.17) is 14.2 Å². The molecular weight excluding hydrogens is 572 g/mol. The number of fused-ring (bicyclic) bond motifs is 1. The third-order valence-corrected chi connectivity index (χ3v) is 8.02. The summed E-state index contributed by atoms with van der Waals surface area (Å²) in [6.45, 7) is -0.540. The lowest BCUT2D eigenvalue weighted by Gasteiger charge is -2.27. The Labute approximate surface area is 243 Å². The number of anilines is 2. The zero-order valence-corrected chi connectivity index (χ0v) is 23.1. The van der Waals surface area contributed by atoms with E-state index < -0.39 is 46.4 Å². The van der Waals surface area contributed by atoms with E-state index in [1.54, 1.807) is 9.47 Å². The minimum absolute atomic E-state index is 0.0111. The molecule has 14 heteroatoms. The van der Waals surface area contributed by atoms with E-state index >= 15 is 4.39 Å². The highest BCUT2D eigenvalue weighted by atomic mass is 19.1. The lowest BCUT2D eigenvalue weighted by Crippen LogP contribution is -2.39. The summed E-state index contributed by atoms with van der Waals surface area (Å²) in [6, 6.07) is 4.80. The monoisotopic (exact) mass is 601 g/mol. The zero-order valence-electron chi connectivity index (χ0n) is 23.1. The number of rotatable bonds is 9. The van der Waals surface area contributed by atoms with Crippen LogP contribution in [0.1, 0.15) is 35.7 Å². The number of cyclic esters (lactones) is 1. The number of aromatic carboxylic acids is 1. The maximum absolute atomic E-state index is 15.6. The van der Waals surface area contributed by atoms with Gasteiger partial charge in [0.2, 0.25) is 5.43 Å². The van der Waals surface area contributed by atoms with E-state index in [0.717, 1.165) is 25.0 Å². The van der Waals surface area contributed by atoms with Crippen LogP contribution in [0, 0.1) is 11.6 Å². The molecule has 3 fully saturated rings. The van der Waals surface area contributed by atoms with Crippen LogP contribution in [0.3, 0.4) is 0 Å². The van der Waals surface area contributed by atoms with Crippen molar-refractivity contribution in [3.8, 4) is 11.5 Å². The average Bonchev–Trinajstić information content (AvgIpc) is 3.64. The number of amides is 1. The van der Waals surface area contributed by atoms with E-state index in [2.05, 4.69) is 0 Å². The lowest BCUT2D eigenvalue weighted by atomic mass is 10.1. The standard InChI is InChI=1S/C29H29F2N3O9/c1-41-26-23-18(25(36)19(27(37)38)11-33(23)15-2-3-15)9-21(31)24(26)32-7-6-29(40,13-32)14-42-22-5-4-16(8-20(22)30)34-10-17(12-35)43-28(34)39/h4-5,8-9,11,15,17,35,40H,2-3,6-7,10,12-14H2,1H3,(H,37,38)/t17-,29+/m1/s1. The number of hydrogen-bond donors (Lipinski definition) is 3. The molecule has 0 spiro atoms. The van der Waals surface area contributed by atoms with Crippen molar-refractivity contribution in [2.75, 3.05) is 49.8 Å². The molecule has 3 N–H and O–H groups in total. The van der Waals surface area contributed by atoms with Crippen LogP contribution in [-0.2, 0) is 4.74 Å². The van der Waals surface area contributed by atoms with E-state index in [-0.39, 0.29) is 79.1 Å². The summed E-state index contributed by atoms with van der Waals surface area (Å²) in [6.07, 6.45) is 1.51. The van der Waals surface area contributed by atoms with E-state index in [1.807, 2.05) is 0 Å². The molecule has 3 heterocycles. The van der Waals surface area contributed by atoms with Crippen LogP contribution >= 0.6 is 0 Å². The number of carbonyl (C=O) groups excluding carboxylic acids is 1. The first-order valence-corrected chi connectivity index (χ1v) is 13.7. The van der Waals surface area contributed by atoms with Crippen molar-refractivity contribution in [1.82, 2.24) is 4.57 Å². The lowest BCUT2D eigenvalue weighted by molar-refractivity contribution is 0.0133. The topological polar surface area (TPSA) is 151 Å². The number of carboxylic acid groups (broad SMARTS) is 1. The third kappa shape index (κ3) is 5.10. The smallest absolute Gasteiger partial charge is 0.414 e. The molecule has 6 rings (SSSR count). The fourth-order valence-electron chi connectivity index (χ4n) is 5.70. The molecule has 0 bridgehead atoms. The summed E-state index contributed by atoms with van der Waals surface area (Å²) in [5.41, 5.74) is -2.29. The number of aliphatic hydroxyl groups is 2. The minimum Gasteiger partial charge on any atom is -0.492 e. The molecule has 3 aromatic rings. The highest BCUT2D eigenvalue weighted by Gasteiger charge is 2.40. The average molecular weight is 602 g/mol. The number of ether oxygens (including phenoxy) is 3. The Hall–Kier alpha value is -4.43. The Bertz CT molecular complexity index is 1690. The van der Waals surface area contributed by atoms with Gasteiger partial charge in [-0.05, 0) is 37.5 Å². The number of carbonyl (C=O) groups is 2. The fraction of sp³-hybridized carbons (Fsp3) is 0.414. The molecule has 12 nitrogen and oxygen atoms in total. The van der Waals surface area contributed by atoms with Gasteiger partial charge in [0.05, 0.1) is 43.4 Å². The third-order valence-electron chi connectivity index (χ3n) is 8.02. The largest absolute Gasteiger partial charge is 0.492 e. The summed E-state index contributed by atoms with van der Waals surface area (Å²) in [7, 11) is 1.33. The second-order valence-electron chi connectivity index (χ2n) is 11.1. The molecule has 2 aromatic carbocycles. The number of benzene rings is 2. The molecule has 1 aromatic heterocycles. The highest BCUT2D eigenvalue weighted by Crippen LogP contribution is 2.45. The summed E-state index contributed by atoms with van der Waals surface area (Å²) in [5.74, 6) is -3.13. The molecule has 228 valence electrons. The SMILES string of the molecule is COc1c(N2CC[C@@](O)(COc3ccc(N4C[C@H](CO)OC4=O)cc3F)C2)c(F)cc2c(=O)c(C(=O)O)cn(C3CC3)c12. The zero-order chi connectivity index (χ0) is 30.6. The molecular formula is C29H29F2N3O9.